The average Bonchev–Trinajstić information content (AvgIpc) is 2.54. The highest BCUT2D eigenvalue weighted by Crippen LogP contribution is 2.26. The molecule has 3 aliphatic heterocycles. The molecule has 0 unspecified atom stereocenters. The molecule has 0 aliphatic carbocycles. The molecule has 0 spiro atoms. The van der Waals surface area contributed by atoms with Gasteiger partial charge in [-0.15, -0.1) is 0 Å². The first-order valence-electron chi connectivity index (χ1n) is 9.60. The van der Waals surface area contributed by atoms with Crippen LogP contribution in [0, 0.1) is 6.92 Å². The predicted molar refractivity (Wildman–Crippen MR) is 102 cm³/mol. The van der Waals surface area contributed by atoms with E-state index in [0.717, 1.165) is 57.3 Å². The van der Waals surface area contributed by atoms with Crippen molar-refractivity contribution in [3.63, 3.8) is 0 Å². The molecule has 138 valence electrons. The molecular formula is C19H32N6. The predicted octanol–water partition coefficient (Wildman–Crippen LogP) is 0.405. The lowest BCUT2D eigenvalue weighted by molar-refractivity contribution is 0.0229. The van der Waals surface area contributed by atoms with Crippen LogP contribution in [0.25, 0.3) is 0 Å². The lowest BCUT2D eigenvalue weighted by atomic mass is 9.94. The van der Waals surface area contributed by atoms with Crippen molar-refractivity contribution in [2.45, 2.75) is 44.9 Å². The quantitative estimate of drug-likeness (QED) is 0.828. The maximum atomic E-state index is 6.12. The van der Waals surface area contributed by atoms with Crippen LogP contribution in [0.1, 0.15) is 25.1 Å². The summed E-state index contributed by atoms with van der Waals surface area (Å²) in [6, 6.07) is 5.73. The SMILES string of the molecule is Cc1nc(N2CC(C)(N)C2)ccc1CN1CCN2[C@H](CNC[C@H]2C)C1. The number of fused-ring (bicyclic) bond motifs is 1. The van der Waals surface area contributed by atoms with Crippen molar-refractivity contribution in [2.75, 3.05) is 50.7 Å². The summed E-state index contributed by atoms with van der Waals surface area (Å²) in [4.78, 5) is 12.4. The molecule has 0 bridgehead atoms. The highest BCUT2D eigenvalue weighted by Gasteiger charge is 2.36. The minimum Gasteiger partial charge on any atom is -0.353 e. The van der Waals surface area contributed by atoms with Gasteiger partial charge in [0, 0.05) is 75.7 Å². The summed E-state index contributed by atoms with van der Waals surface area (Å²) in [6.07, 6.45) is 0. The van der Waals surface area contributed by atoms with Crippen LogP contribution >= 0.6 is 0 Å². The van der Waals surface area contributed by atoms with Crippen LogP contribution in [0.4, 0.5) is 5.82 Å². The van der Waals surface area contributed by atoms with Gasteiger partial charge in [0.05, 0.1) is 0 Å². The molecule has 0 radical (unpaired) electrons. The number of aromatic nitrogens is 1. The van der Waals surface area contributed by atoms with E-state index in [4.69, 9.17) is 10.7 Å². The van der Waals surface area contributed by atoms with Crippen LogP contribution in [0.5, 0.6) is 0 Å². The normalized spacial score (nSPS) is 30.0. The van der Waals surface area contributed by atoms with Crippen molar-refractivity contribution in [3.05, 3.63) is 23.4 Å². The van der Waals surface area contributed by atoms with Crippen LogP contribution in [0.3, 0.4) is 0 Å². The minimum atomic E-state index is -0.0564. The molecule has 3 N–H and O–H groups in total. The maximum Gasteiger partial charge on any atom is 0.128 e. The van der Waals surface area contributed by atoms with E-state index in [1.807, 2.05) is 0 Å². The second-order valence-electron chi connectivity index (χ2n) is 8.56. The van der Waals surface area contributed by atoms with E-state index in [0.29, 0.717) is 12.1 Å². The van der Waals surface area contributed by atoms with Crippen LogP contribution < -0.4 is 16.0 Å². The zero-order chi connectivity index (χ0) is 17.6. The largest absolute Gasteiger partial charge is 0.353 e. The molecule has 1 aromatic rings. The monoisotopic (exact) mass is 344 g/mol. The molecule has 1 aromatic heterocycles. The molecule has 4 heterocycles. The summed E-state index contributed by atoms with van der Waals surface area (Å²) in [5.74, 6) is 1.07. The topological polar surface area (TPSA) is 60.7 Å². The molecule has 6 nitrogen and oxygen atoms in total. The van der Waals surface area contributed by atoms with E-state index >= 15 is 0 Å². The molecule has 6 heteroatoms. The summed E-state index contributed by atoms with van der Waals surface area (Å²) in [7, 11) is 0. The van der Waals surface area contributed by atoms with Gasteiger partial charge in [0.25, 0.3) is 0 Å². The zero-order valence-electron chi connectivity index (χ0n) is 15.8. The summed E-state index contributed by atoms with van der Waals surface area (Å²) in [6.45, 7) is 15.1. The Hall–Kier alpha value is -1.21. The third-order valence-corrected chi connectivity index (χ3v) is 6.00. The van der Waals surface area contributed by atoms with Crippen molar-refractivity contribution < 1.29 is 0 Å². The van der Waals surface area contributed by atoms with Gasteiger partial charge in [-0.05, 0) is 32.4 Å². The fourth-order valence-electron chi connectivity index (χ4n) is 4.56. The molecule has 3 fully saturated rings. The number of piperazine rings is 2. The zero-order valence-corrected chi connectivity index (χ0v) is 15.8. The minimum absolute atomic E-state index is 0.0564. The number of aryl methyl sites for hydroxylation is 1. The van der Waals surface area contributed by atoms with Gasteiger partial charge in [-0.1, -0.05) is 6.07 Å². The lowest BCUT2D eigenvalue weighted by Crippen LogP contribution is -2.65. The molecule has 3 saturated heterocycles. The maximum absolute atomic E-state index is 6.12. The van der Waals surface area contributed by atoms with Crippen molar-refractivity contribution in [2.24, 2.45) is 5.73 Å². The van der Waals surface area contributed by atoms with E-state index in [9.17, 15) is 0 Å². The van der Waals surface area contributed by atoms with Crippen LogP contribution in [0.2, 0.25) is 0 Å². The van der Waals surface area contributed by atoms with Crippen LogP contribution in [-0.2, 0) is 6.54 Å². The van der Waals surface area contributed by atoms with Gasteiger partial charge in [0.2, 0.25) is 0 Å². The molecule has 3 aliphatic rings. The number of nitrogens with zero attached hydrogens (tertiary/aromatic N) is 4. The summed E-state index contributed by atoms with van der Waals surface area (Å²) in [5, 5.41) is 3.57. The van der Waals surface area contributed by atoms with Gasteiger partial charge < -0.3 is 16.0 Å². The van der Waals surface area contributed by atoms with Crippen molar-refractivity contribution >= 4 is 5.82 Å². The van der Waals surface area contributed by atoms with E-state index in [-0.39, 0.29) is 5.54 Å². The average molecular weight is 345 g/mol. The third-order valence-electron chi connectivity index (χ3n) is 6.00. The molecule has 25 heavy (non-hydrogen) atoms. The van der Waals surface area contributed by atoms with Crippen molar-refractivity contribution in [3.8, 4) is 0 Å². The Kier molecular flexibility index (Phi) is 4.48. The molecule has 0 amide bonds. The third kappa shape index (κ3) is 3.53. The molecule has 2 atom stereocenters. The van der Waals surface area contributed by atoms with Crippen molar-refractivity contribution in [1.82, 2.24) is 20.1 Å². The first-order valence-corrected chi connectivity index (χ1v) is 9.60. The molecular weight excluding hydrogens is 312 g/mol. The van der Waals surface area contributed by atoms with Gasteiger partial charge in [-0.2, -0.15) is 0 Å². The fraction of sp³-hybridized carbons (Fsp3) is 0.737. The molecule has 0 aromatic carbocycles. The van der Waals surface area contributed by atoms with E-state index in [1.54, 1.807) is 0 Å². The second kappa shape index (κ2) is 6.50. The fourth-order valence-corrected chi connectivity index (χ4v) is 4.56. The van der Waals surface area contributed by atoms with Crippen molar-refractivity contribution in [1.29, 1.82) is 0 Å². The number of nitrogens with two attached hydrogens (primary N) is 1. The Labute approximate surface area is 151 Å². The van der Waals surface area contributed by atoms with Gasteiger partial charge in [-0.25, -0.2) is 4.98 Å². The Balaban J connectivity index is 1.38. The van der Waals surface area contributed by atoms with E-state index < -0.39 is 0 Å². The van der Waals surface area contributed by atoms with Gasteiger partial charge >= 0.3 is 0 Å². The van der Waals surface area contributed by atoms with Crippen LogP contribution in [0.15, 0.2) is 12.1 Å². The second-order valence-corrected chi connectivity index (χ2v) is 8.56. The smallest absolute Gasteiger partial charge is 0.128 e. The molecule has 0 saturated carbocycles. The number of hydrogen-bond donors (Lipinski definition) is 2. The summed E-state index contributed by atoms with van der Waals surface area (Å²) in [5.41, 5.74) is 8.57. The number of hydrogen-bond acceptors (Lipinski definition) is 6. The van der Waals surface area contributed by atoms with E-state index in [2.05, 4.69) is 52.9 Å². The highest BCUT2D eigenvalue weighted by atomic mass is 15.3. The standard InChI is InChI=1S/C19H32N6/c1-14-8-21-9-17-11-23(6-7-25(14)17)10-16-4-5-18(22-15(16)2)24-12-19(3,20)13-24/h4-5,14,17,21H,6-13,20H2,1-3H3/t14-,17-/m1/s1. The lowest BCUT2D eigenvalue weighted by Gasteiger charge is -2.47. The van der Waals surface area contributed by atoms with Crippen LogP contribution in [-0.4, -0.2) is 78.2 Å². The Bertz CT molecular complexity index is 622. The number of nitrogens with one attached hydrogen (secondary N) is 1. The first kappa shape index (κ1) is 17.2. The Morgan fingerprint density at radius 1 is 1.28 bits per heavy atom. The Morgan fingerprint density at radius 2 is 2.08 bits per heavy atom. The number of anilines is 1. The molecule has 4 rings (SSSR count). The van der Waals surface area contributed by atoms with E-state index in [1.165, 1.54) is 12.1 Å². The first-order chi connectivity index (χ1) is 11.9. The van der Waals surface area contributed by atoms with Gasteiger partial charge in [0.1, 0.15) is 5.82 Å². The number of rotatable bonds is 3. The Morgan fingerprint density at radius 3 is 2.80 bits per heavy atom. The van der Waals surface area contributed by atoms with Gasteiger partial charge in [0.15, 0.2) is 0 Å². The summed E-state index contributed by atoms with van der Waals surface area (Å²) < 4.78 is 0. The summed E-state index contributed by atoms with van der Waals surface area (Å²) >= 11 is 0. The highest BCUT2D eigenvalue weighted by molar-refractivity contribution is 5.46. The van der Waals surface area contributed by atoms with Gasteiger partial charge in [-0.3, -0.25) is 9.80 Å². The number of pyridine rings is 1.